The van der Waals surface area contributed by atoms with Gasteiger partial charge in [0, 0.05) is 0 Å². The first-order chi connectivity index (χ1) is 17.4. The summed E-state index contributed by atoms with van der Waals surface area (Å²) in [5, 5.41) is 10.6. The van der Waals surface area contributed by atoms with E-state index in [0.29, 0.717) is 26.0 Å². The molecule has 0 radical (unpaired) electrons. The van der Waals surface area contributed by atoms with Crippen LogP contribution >= 0.6 is 111 Å². The van der Waals surface area contributed by atoms with Gasteiger partial charge in [-0.15, -0.1) is 0 Å². The van der Waals surface area contributed by atoms with E-state index in [4.69, 9.17) is 51.1 Å². The maximum atomic E-state index is 12.6. The smallest absolute Gasteiger partial charge is 0.215 e. The van der Waals surface area contributed by atoms with Gasteiger partial charge < -0.3 is 9.84 Å². The van der Waals surface area contributed by atoms with E-state index in [1.807, 2.05) is 0 Å². The lowest BCUT2D eigenvalue weighted by Crippen LogP contribution is -2.07. The highest BCUT2D eigenvalue weighted by Crippen LogP contribution is 2.40. The number of carbonyl (C=O) groups is 2. The molecule has 0 aliphatic heterocycles. The molecular formula is C23H12Br4Cl4N2O4. The number of phenols is 1. The Kier molecular flexibility index (Phi) is 10.7. The van der Waals surface area contributed by atoms with Gasteiger partial charge in [-0.3, -0.25) is 16.8 Å². The van der Waals surface area contributed by atoms with E-state index in [1.165, 1.54) is 26.4 Å². The third-order valence-electron chi connectivity index (χ3n) is 4.83. The van der Waals surface area contributed by atoms with Crippen LogP contribution in [0.1, 0.15) is 32.1 Å². The van der Waals surface area contributed by atoms with E-state index in [0.717, 1.165) is 0 Å². The first-order valence-electron chi connectivity index (χ1n) is 9.77. The van der Waals surface area contributed by atoms with Crippen molar-refractivity contribution < 1.29 is 19.4 Å². The maximum Gasteiger partial charge on any atom is 0.215 e. The van der Waals surface area contributed by atoms with Crippen molar-refractivity contribution in [2.45, 2.75) is 0 Å². The zero-order valence-corrected chi connectivity index (χ0v) is 27.6. The molecule has 0 spiro atoms. The predicted molar refractivity (Wildman–Crippen MR) is 161 cm³/mol. The van der Waals surface area contributed by atoms with Crippen molar-refractivity contribution in [3.63, 3.8) is 0 Å². The molecule has 2 aromatic heterocycles. The number of hydrogen-bond donors (Lipinski definition) is 1. The summed E-state index contributed by atoms with van der Waals surface area (Å²) in [6.07, 6.45) is 0. The van der Waals surface area contributed by atoms with Crippen LogP contribution in [-0.4, -0.2) is 31.0 Å². The van der Waals surface area contributed by atoms with Gasteiger partial charge in [0.1, 0.15) is 33.2 Å². The van der Waals surface area contributed by atoms with Crippen molar-refractivity contribution in [1.29, 1.82) is 0 Å². The molecule has 0 fully saturated rings. The number of halogens is 8. The molecular weight excluding hydrogens is 830 g/mol. The Hall–Kier alpha value is -0.980. The number of methoxy groups -OCH3 is 1. The van der Waals surface area contributed by atoms with E-state index in [1.54, 1.807) is 36.4 Å². The molecule has 0 atom stereocenters. The van der Waals surface area contributed by atoms with Crippen LogP contribution in [0.15, 0.2) is 57.5 Å². The Labute approximate surface area is 265 Å². The van der Waals surface area contributed by atoms with Gasteiger partial charge in [-0.05, 0) is 56.1 Å². The van der Waals surface area contributed by atoms with E-state index >= 15 is 0 Å². The van der Waals surface area contributed by atoms with Gasteiger partial charge in [-0.1, -0.05) is 70.7 Å². The lowest BCUT2D eigenvalue weighted by atomic mass is 10.1. The summed E-state index contributed by atoms with van der Waals surface area (Å²) in [6, 6.07) is 13.2. The predicted octanol–water partition coefficient (Wildman–Crippen LogP) is 9.61. The fraction of sp³-hybridized carbons (Fsp3) is 0.0435. The molecule has 4 aromatic rings. The molecule has 0 unspecified atom stereocenters. The van der Waals surface area contributed by atoms with Crippen LogP contribution in [0.4, 0.5) is 0 Å². The maximum absolute atomic E-state index is 12.6. The van der Waals surface area contributed by atoms with Gasteiger partial charge in [0.25, 0.3) is 0 Å². The van der Waals surface area contributed by atoms with Crippen LogP contribution in [0.2, 0.25) is 20.4 Å². The minimum Gasteiger partial charge on any atom is -0.507 e. The van der Waals surface area contributed by atoms with Crippen molar-refractivity contribution in [2.75, 3.05) is 7.11 Å². The van der Waals surface area contributed by atoms with Crippen LogP contribution < -0.4 is 4.74 Å². The number of carbonyl (C=O) groups excluding carboxylic acids is 2. The summed E-state index contributed by atoms with van der Waals surface area (Å²) in [6.45, 7) is 0. The van der Waals surface area contributed by atoms with E-state index in [2.05, 4.69) is 64.2 Å². The minimum atomic E-state index is -0.398. The van der Waals surface area contributed by atoms with Gasteiger partial charge in [-0.25, -0.2) is 0 Å². The topological polar surface area (TPSA) is 73.5 Å². The second-order valence-corrected chi connectivity index (χ2v) is 11.4. The SMILES string of the molecule is COc1ccccc1C(=O)c1c(Br)c(Cl)c(Cl)n1Br.O=C(c1ccccc1O)c1c(Br)c(Cl)c(Cl)n1Br. The van der Waals surface area contributed by atoms with Crippen LogP contribution in [0.25, 0.3) is 0 Å². The van der Waals surface area contributed by atoms with E-state index in [-0.39, 0.29) is 43.1 Å². The highest BCUT2D eigenvalue weighted by molar-refractivity contribution is 9.11. The standard InChI is InChI=1S/C12H7Br2Cl2NO2.C11H5Br2Cl2NO2/c1-19-7-5-3-2-4-6(7)11(18)10-8(13)9(15)12(16)17(10)14;12-7-8(14)11(15)16(13)9(7)10(18)5-3-1-2-4-6(5)17/h2-5H,1H3;1-4,17H. The number of aromatic nitrogens is 2. The fourth-order valence-corrected chi connectivity index (χ4v) is 6.80. The molecule has 1 N–H and O–H groups in total. The molecule has 4 rings (SSSR count). The number of phenolic OH excluding ortho intramolecular Hbond substituents is 1. The van der Waals surface area contributed by atoms with Crippen LogP contribution in [0.3, 0.4) is 0 Å². The number of para-hydroxylation sites is 2. The molecule has 0 saturated heterocycles. The number of benzene rings is 2. The number of aromatic hydroxyl groups is 1. The number of hydrogen-bond acceptors (Lipinski definition) is 4. The normalized spacial score (nSPS) is 10.6. The number of ether oxygens (including phenoxy) is 1. The van der Waals surface area contributed by atoms with Gasteiger partial charge in [0.05, 0.1) is 69.5 Å². The lowest BCUT2D eigenvalue weighted by Gasteiger charge is -2.07. The third-order valence-corrected chi connectivity index (χ3v) is 10.3. The second-order valence-electron chi connectivity index (χ2n) is 6.97. The molecule has 0 aliphatic carbocycles. The molecule has 2 aromatic carbocycles. The molecule has 14 heteroatoms. The average Bonchev–Trinajstić information content (AvgIpc) is 3.21. The zero-order valence-electron chi connectivity index (χ0n) is 18.2. The largest absolute Gasteiger partial charge is 0.507 e. The number of rotatable bonds is 5. The number of nitrogens with zero attached hydrogens (tertiary/aromatic N) is 2. The molecule has 37 heavy (non-hydrogen) atoms. The fourth-order valence-electron chi connectivity index (χ4n) is 3.06. The van der Waals surface area contributed by atoms with Crippen molar-refractivity contribution >= 4 is 122 Å². The second kappa shape index (κ2) is 12.9. The Balaban J connectivity index is 0.000000206. The highest BCUT2D eigenvalue weighted by Gasteiger charge is 2.27. The number of ketones is 2. The van der Waals surface area contributed by atoms with Crippen LogP contribution in [0.5, 0.6) is 11.5 Å². The Morgan fingerprint density at radius 1 is 0.757 bits per heavy atom. The van der Waals surface area contributed by atoms with Gasteiger partial charge in [-0.2, -0.15) is 0 Å². The van der Waals surface area contributed by atoms with Crippen LogP contribution in [-0.2, 0) is 0 Å². The van der Waals surface area contributed by atoms with Crippen molar-refractivity contribution in [2.24, 2.45) is 0 Å². The minimum absolute atomic E-state index is 0.102. The summed E-state index contributed by atoms with van der Waals surface area (Å²) >= 11 is 36.6. The molecule has 0 saturated carbocycles. The van der Waals surface area contributed by atoms with Crippen molar-refractivity contribution in [3.05, 3.63) is 100 Å². The molecule has 0 bridgehead atoms. The summed E-state index contributed by atoms with van der Waals surface area (Å²) in [7, 11) is 1.51. The Morgan fingerprint density at radius 3 is 1.57 bits per heavy atom. The Morgan fingerprint density at radius 2 is 1.16 bits per heavy atom. The Bertz CT molecular complexity index is 1470. The summed E-state index contributed by atoms with van der Waals surface area (Å²) < 4.78 is 8.63. The average molecular weight is 842 g/mol. The zero-order chi connectivity index (χ0) is 27.6. The van der Waals surface area contributed by atoms with Gasteiger partial charge >= 0.3 is 0 Å². The first-order valence-corrected chi connectivity index (χ1v) is 14.3. The van der Waals surface area contributed by atoms with E-state index in [9.17, 15) is 14.7 Å². The highest BCUT2D eigenvalue weighted by atomic mass is 79.9. The first kappa shape index (κ1) is 30.6. The summed E-state index contributed by atoms with van der Waals surface area (Å²) in [4.78, 5) is 24.9. The summed E-state index contributed by atoms with van der Waals surface area (Å²) in [5.74, 6) is -0.267. The van der Waals surface area contributed by atoms with Crippen LogP contribution in [0, 0.1) is 0 Å². The monoisotopic (exact) mass is 836 g/mol. The molecule has 6 nitrogen and oxygen atoms in total. The summed E-state index contributed by atoms with van der Waals surface area (Å²) in [5.41, 5.74) is 1.12. The quantitative estimate of drug-likeness (QED) is 0.203. The van der Waals surface area contributed by atoms with Crippen molar-refractivity contribution in [3.8, 4) is 11.5 Å². The van der Waals surface area contributed by atoms with Gasteiger partial charge in [0.2, 0.25) is 11.6 Å². The van der Waals surface area contributed by atoms with E-state index < -0.39 is 5.78 Å². The lowest BCUT2D eigenvalue weighted by molar-refractivity contribution is 0.102. The third kappa shape index (κ3) is 6.11. The molecule has 0 amide bonds. The van der Waals surface area contributed by atoms with Crippen molar-refractivity contribution in [1.82, 2.24) is 7.19 Å². The molecule has 2 heterocycles. The van der Waals surface area contributed by atoms with Gasteiger partial charge in [0.15, 0.2) is 0 Å². The molecule has 0 aliphatic rings. The molecule has 194 valence electrons.